The van der Waals surface area contributed by atoms with Gasteiger partial charge in [0.2, 0.25) is 0 Å². The summed E-state index contributed by atoms with van der Waals surface area (Å²) < 4.78 is 0.701. The lowest BCUT2D eigenvalue weighted by atomic mass is 10.0. The lowest BCUT2D eigenvalue weighted by Gasteiger charge is -2.14. The molecule has 1 aromatic carbocycles. The molecular weight excluding hydrogens is 312 g/mol. The van der Waals surface area contributed by atoms with Crippen LogP contribution < -0.4 is 5.56 Å². The molecule has 0 atom stereocenters. The van der Waals surface area contributed by atoms with Crippen LogP contribution in [0, 0.1) is 27.7 Å². The van der Waals surface area contributed by atoms with Gasteiger partial charge in [0.25, 0.3) is 5.56 Å². The summed E-state index contributed by atoms with van der Waals surface area (Å²) in [6.07, 6.45) is 0. The maximum Gasteiger partial charge on any atom is 0.268 e. The van der Waals surface area contributed by atoms with E-state index >= 15 is 0 Å². The number of fused-ring (bicyclic) bond motifs is 1. The number of H-pyrrole nitrogens is 1. The van der Waals surface area contributed by atoms with Crippen molar-refractivity contribution in [2.75, 3.05) is 0 Å². The van der Waals surface area contributed by atoms with Gasteiger partial charge in [-0.15, -0.1) is 23.1 Å². The summed E-state index contributed by atoms with van der Waals surface area (Å²) in [7, 11) is 0. The number of thioether (sulfide) groups is 1. The summed E-state index contributed by atoms with van der Waals surface area (Å²) in [5, 5.41) is 1.90. The summed E-state index contributed by atoms with van der Waals surface area (Å²) in [4.78, 5) is 20.8. The third-order valence-electron chi connectivity index (χ3n) is 4.01. The quantitative estimate of drug-likeness (QED) is 0.719. The van der Waals surface area contributed by atoms with Crippen LogP contribution >= 0.6 is 23.1 Å². The molecule has 0 fully saturated rings. The third-order valence-corrected chi connectivity index (χ3v) is 6.24. The van der Waals surface area contributed by atoms with Crippen LogP contribution in [0.4, 0.5) is 0 Å². The maximum atomic E-state index is 12.0. The largest absolute Gasteiger partial charge is 0.309 e. The minimum absolute atomic E-state index is 0.0375. The normalized spacial score (nSPS) is 11.3. The molecule has 1 N–H and O–H groups in total. The topological polar surface area (TPSA) is 45.8 Å². The van der Waals surface area contributed by atoms with Crippen molar-refractivity contribution in [3.63, 3.8) is 0 Å². The smallest absolute Gasteiger partial charge is 0.268 e. The fourth-order valence-corrected chi connectivity index (χ4v) is 4.43. The summed E-state index contributed by atoms with van der Waals surface area (Å²) >= 11 is 3.18. The molecule has 0 aliphatic carbocycles. The van der Waals surface area contributed by atoms with Crippen LogP contribution in [-0.2, 0) is 5.75 Å². The number of nitrogens with zero attached hydrogens (tertiary/aromatic N) is 1. The first-order chi connectivity index (χ1) is 10.5. The van der Waals surface area contributed by atoms with E-state index in [1.165, 1.54) is 38.5 Å². The molecule has 3 nitrogen and oxygen atoms in total. The molecule has 5 heteroatoms. The van der Waals surface area contributed by atoms with E-state index in [-0.39, 0.29) is 5.56 Å². The molecule has 2 aromatic heterocycles. The van der Waals surface area contributed by atoms with Gasteiger partial charge in [0, 0.05) is 4.90 Å². The Bertz CT molecular complexity index is 883. The van der Waals surface area contributed by atoms with Crippen molar-refractivity contribution in [2.45, 2.75) is 38.3 Å². The Morgan fingerprint density at radius 1 is 1.18 bits per heavy atom. The van der Waals surface area contributed by atoms with E-state index in [2.05, 4.69) is 43.7 Å². The molecule has 3 rings (SSSR count). The van der Waals surface area contributed by atoms with Gasteiger partial charge >= 0.3 is 0 Å². The van der Waals surface area contributed by atoms with Crippen LogP contribution in [0.2, 0.25) is 0 Å². The van der Waals surface area contributed by atoms with Crippen LogP contribution in [0.25, 0.3) is 10.2 Å². The number of aromatic nitrogens is 2. The zero-order valence-electron chi connectivity index (χ0n) is 13.1. The van der Waals surface area contributed by atoms with E-state index in [9.17, 15) is 4.79 Å². The van der Waals surface area contributed by atoms with Crippen molar-refractivity contribution < 1.29 is 0 Å². The highest BCUT2D eigenvalue weighted by Crippen LogP contribution is 2.32. The number of rotatable bonds is 3. The van der Waals surface area contributed by atoms with Gasteiger partial charge in [-0.3, -0.25) is 4.79 Å². The first-order valence-corrected chi connectivity index (χ1v) is 9.00. The first-order valence-electron chi connectivity index (χ1n) is 7.14. The Balaban J connectivity index is 1.93. The van der Waals surface area contributed by atoms with Gasteiger partial charge in [-0.05, 0) is 61.4 Å². The fourth-order valence-electron chi connectivity index (χ4n) is 2.53. The average Bonchev–Trinajstić information content (AvgIpc) is 2.94. The second-order valence-electron chi connectivity index (χ2n) is 5.53. The van der Waals surface area contributed by atoms with Crippen molar-refractivity contribution in [3.8, 4) is 0 Å². The molecule has 0 saturated heterocycles. The van der Waals surface area contributed by atoms with E-state index in [0.29, 0.717) is 10.5 Å². The SMILES string of the molecule is Cc1cc(C)c(C)c(SCc2nc3ccsc3c(=O)[nH]2)c1C. The standard InChI is InChI=1S/C17H18N2OS2/c1-9-7-10(2)12(4)15(11(9)3)22-8-14-18-13-5-6-21-16(13)17(20)19-14/h5-7H,8H2,1-4H3,(H,18,19,20). The molecule has 2 heterocycles. The molecule has 0 radical (unpaired) electrons. The highest BCUT2D eigenvalue weighted by atomic mass is 32.2. The molecular formula is C17H18N2OS2. The lowest BCUT2D eigenvalue weighted by molar-refractivity contribution is 1.04. The van der Waals surface area contributed by atoms with Gasteiger partial charge in [-0.1, -0.05) is 6.07 Å². The highest BCUT2D eigenvalue weighted by molar-refractivity contribution is 7.98. The number of aryl methyl sites for hydroxylation is 2. The number of hydrogen-bond donors (Lipinski definition) is 1. The number of hydrogen-bond acceptors (Lipinski definition) is 4. The van der Waals surface area contributed by atoms with Crippen LogP contribution in [0.1, 0.15) is 28.1 Å². The predicted octanol–water partition coefficient (Wildman–Crippen LogP) is 4.51. The van der Waals surface area contributed by atoms with Gasteiger partial charge in [-0.25, -0.2) is 4.98 Å². The average molecular weight is 330 g/mol. The van der Waals surface area contributed by atoms with Crippen LogP contribution in [0.5, 0.6) is 0 Å². The van der Waals surface area contributed by atoms with Crippen molar-refractivity contribution >= 4 is 33.3 Å². The van der Waals surface area contributed by atoms with Gasteiger partial charge in [0.05, 0.1) is 11.3 Å². The Labute approximate surface area is 137 Å². The molecule has 0 unspecified atom stereocenters. The van der Waals surface area contributed by atoms with E-state index in [0.717, 1.165) is 11.3 Å². The summed E-state index contributed by atoms with van der Waals surface area (Å²) in [5.41, 5.74) is 5.99. The third kappa shape index (κ3) is 2.71. The minimum atomic E-state index is -0.0375. The van der Waals surface area contributed by atoms with Gasteiger partial charge in [0.1, 0.15) is 10.5 Å². The number of benzene rings is 1. The fraction of sp³-hybridized carbons (Fsp3) is 0.294. The molecule has 0 spiro atoms. The summed E-state index contributed by atoms with van der Waals surface area (Å²) in [5.74, 6) is 1.41. The van der Waals surface area contributed by atoms with Gasteiger partial charge in [0.15, 0.2) is 0 Å². The number of thiophene rings is 1. The molecule has 0 amide bonds. The molecule has 0 aliphatic rings. The Morgan fingerprint density at radius 2 is 1.86 bits per heavy atom. The van der Waals surface area contributed by atoms with E-state index in [1.54, 1.807) is 11.8 Å². The van der Waals surface area contributed by atoms with E-state index < -0.39 is 0 Å². The van der Waals surface area contributed by atoms with Crippen molar-refractivity contribution in [1.82, 2.24) is 9.97 Å². The van der Waals surface area contributed by atoms with Crippen LogP contribution in [0.3, 0.4) is 0 Å². The summed E-state index contributed by atoms with van der Waals surface area (Å²) in [6, 6.07) is 4.13. The molecule has 3 aromatic rings. The van der Waals surface area contributed by atoms with E-state index in [1.807, 2.05) is 11.4 Å². The molecule has 114 valence electrons. The molecule has 0 saturated carbocycles. The molecule has 0 bridgehead atoms. The number of nitrogens with one attached hydrogen (secondary N) is 1. The van der Waals surface area contributed by atoms with Gasteiger partial charge in [-0.2, -0.15) is 0 Å². The first kappa shape index (κ1) is 15.3. The molecule has 22 heavy (non-hydrogen) atoms. The number of aromatic amines is 1. The summed E-state index contributed by atoms with van der Waals surface area (Å²) in [6.45, 7) is 8.59. The zero-order valence-corrected chi connectivity index (χ0v) is 14.7. The second-order valence-corrected chi connectivity index (χ2v) is 7.43. The molecule has 0 aliphatic heterocycles. The van der Waals surface area contributed by atoms with Crippen molar-refractivity contribution in [3.05, 3.63) is 55.9 Å². The minimum Gasteiger partial charge on any atom is -0.309 e. The zero-order chi connectivity index (χ0) is 15.9. The monoisotopic (exact) mass is 330 g/mol. The Hall–Kier alpha value is -1.59. The predicted molar refractivity (Wildman–Crippen MR) is 95.2 cm³/mol. The maximum absolute atomic E-state index is 12.0. The van der Waals surface area contributed by atoms with Crippen molar-refractivity contribution in [2.24, 2.45) is 0 Å². The highest BCUT2D eigenvalue weighted by Gasteiger charge is 2.11. The lowest BCUT2D eigenvalue weighted by Crippen LogP contribution is -2.09. The van der Waals surface area contributed by atoms with Gasteiger partial charge < -0.3 is 4.98 Å². The van der Waals surface area contributed by atoms with Crippen LogP contribution in [-0.4, -0.2) is 9.97 Å². The van der Waals surface area contributed by atoms with Crippen molar-refractivity contribution in [1.29, 1.82) is 0 Å². The second kappa shape index (κ2) is 5.89. The van der Waals surface area contributed by atoms with Crippen LogP contribution in [0.15, 0.2) is 27.2 Å². The van der Waals surface area contributed by atoms with E-state index in [4.69, 9.17) is 0 Å². The Morgan fingerprint density at radius 3 is 2.55 bits per heavy atom. The Kier molecular flexibility index (Phi) is 4.10.